The van der Waals surface area contributed by atoms with Crippen LogP contribution < -0.4 is 9.47 Å². The number of amides is 1. The van der Waals surface area contributed by atoms with Crippen LogP contribution in [0.5, 0.6) is 11.5 Å². The summed E-state index contributed by atoms with van der Waals surface area (Å²) in [5, 5.41) is 0. The molecule has 1 aromatic carbocycles. The molecule has 152 valence electrons. The van der Waals surface area contributed by atoms with Gasteiger partial charge in [-0.1, -0.05) is 6.07 Å². The first-order chi connectivity index (χ1) is 14.0. The molecular formula is C22H23NO6. The third-order valence-electron chi connectivity index (χ3n) is 4.59. The van der Waals surface area contributed by atoms with Gasteiger partial charge in [-0.2, -0.15) is 0 Å². The van der Waals surface area contributed by atoms with E-state index in [0.717, 1.165) is 0 Å². The molecule has 1 aromatic heterocycles. The third-order valence-corrected chi connectivity index (χ3v) is 4.59. The maximum Gasteiger partial charge on any atom is 0.340 e. The summed E-state index contributed by atoms with van der Waals surface area (Å²) in [5.41, 5.74) is 1.70. The predicted molar refractivity (Wildman–Crippen MR) is 106 cm³/mol. The van der Waals surface area contributed by atoms with E-state index in [2.05, 4.69) is 0 Å². The Morgan fingerprint density at radius 2 is 2.00 bits per heavy atom. The first-order valence-electron chi connectivity index (χ1n) is 9.16. The topological polar surface area (TPSA) is 78.2 Å². The molecule has 0 atom stereocenters. The number of carbonyl (C=O) groups excluding carboxylic acids is 2. The van der Waals surface area contributed by atoms with Crippen LogP contribution in [0.15, 0.2) is 57.9 Å². The Labute approximate surface area is 169 Å². The molecule has 1 amide bonds. The van der Waals surface area contributed by atoms with Gasteiger partial charge in [0.1, 0.15) is 5.76 Å². The van der Waals surface area contributed by atoms with Crippen molar-refractivity contribution in [2.24, 2.45) is 0 Å². The maximum atomic E-state index is 13.1. The number of hydrogen-bond donors (Lipinski definition) is 0. The SMILES string of the molecule is CCOc1ccc(/C=C2\C(=O)N(Cc3ccco3)C(C)=C2C(=O)OC)cc1OC. The predicted octanol–water partition coefficient (Wildman–Crippen LogP) is 3.56. The van der Waals surface area contributed by atoms with Crippen LogP contribution in [-0.4, -0.2) is 37.6 Å². The highest BCUT2D eigenvalue weighted by atomic mass is 16.5. The van der Waals surface area contributed by atoms with Crippen molar-refractivity contribution in [1.82, 2.24) is 4.90 Å². The van der Waals surface area contributed by atoms with Gasteiger partial charge in [-0.3, -0.25) is 4.79 Å². The second-order valence-electron chi connectivity index (χ2n) is 6.32. The lowest BCUT2D eigenvalue weighted by Gasteiger charge is -2.16. The molecule has 2 heterocycles. The molecule has 1 aliphatic rings. The van der Waals surface area contributed by atoms with E-state index in [1.165, 1.54) is 12.0 Å². The summed E-state index contributed by atoms with van der Waals surface area (Å²) in [6.45, 7) is 4.33. The summed E-state index contributed by atoms with van der Waals surface area (Å²) >= 11 is 0. The van der Waals surface area contributed by atoms with Gasteiger partial charge in [-0.05, 0) is 49.8 Å². The summed E-state index contributed by atoms with van der Waals surface area (Å²) in [4.78, 5) is 27.0. The normalized spacial score (nSPS) is 15.2. The number of furan rings is 1. The second-order valence-corrected chi connectivity index (χ2v) is 6.32. The molecule has 0 aliphatic carbocycles. The van der Waals surface area contributed by atoms with Crippen molar-refractivity contribution in [1.29, 1.82) is 0 Å². The fraction of sp³-hybridized carbons (Fsp3) is 0.273. The monoisotopic (exact) mass is 397 g/mol. The highest BCUT2D eigenvalue weighted by Crippen LogP contribution is 2.34. The highest BCUT2D eigenvalue weighted by molar-refractivity contribution is 6.16. The number of rotatable bonds is 7. The molecule has 1 aliphatic heterocycles. The summed E-state index contributed by atoms with van der Waals surface area (Å²) < 4.78 is 21.2. The van der Waals surface area contributed by atoms with Crippen LogP contribution in [0.2, 0.25) is 0 Å². The molecule has 0 saturated heterocycles. The Morgan fingerprint density at radius 3 is 2.62 bits per heavy atom. The molecule has 0 unspecified atom stereocenters. The standard InChI is InChI=1S/C22H23NO6/c1-5-28-18-9-8-15(12-19(18)26-3)11-17-20(22(25)27-4)14(2)23(21(17)24)13-16-7-6-10-29-16/h6-12H,5,13H2,1-4H3/b17-11-. The molecule has 0 N–H and O–H groups in total. The van der Waals surface area contributed by atoms with Crippen LogP contribution in [0, 0.1) is 0 Å². The zero-order valence-electron chi connectivity index (χ0n) is 16.9. The summed E-state index contributed by atoms with van der Waals surface area (Å²) in [5.74, 6) is 0.897. The maximum absolute atomic E-state index is 13.1. The number of benzene rings is 1. The van der Waals surface area contributed by atoms with Crippen molar-refractivity contribution in [2.45, 2.75) is 20.4 Å². The third kappa shape index (κ3) is 4.03. The van der Waals surface area contributed by atoms with E-state index in [-0.39, 0.29) is 23.6 Å². The van der Waals surface area contributed by atoms with Crippen LogP contribution in [0.25, 0.3) is 6.08 Å². The van der Waals surface area contributed by atoms with Crippen LogP contribution in [0.4, 0.5) is 0 Å². The lowest BCUT2D eigenvalue weighted by Crippen LogP contribution is -2.24. The van der Waals surface area contributed by atoms with Crippen molar-refractivity contribution in [3.63, 3.8) is 0 Å². The molecule has 7 nitrogen and oxygen atoms in total. The smallest absolute Gasteiger partial charge is 0.340 e. The number of ether oxygens (including phenoxy) is 3. The van der Waals surface area contributed by atoms with Gasteiger partial charge in [-0.25, -0.2) is 4.79 Å². The van der Waals surface area contributed by atoms with Crippen LogP contribution >= 0.6 is 0 Å². The fourth-order valence-corrected chi connectivity index (χ4v) is 3.19. The van der Waals surface area contributed by atoms with Crippen molar-refractivity contribution in [2.75, 3.05) is 20.8 Å². The van der Waals surface area contributed by atoms with Gasteiger partial charge in [0.2, 0.25) is 0 Å². The van der Waals surface area contributed by atoms with Crippen LogP contribution in [-0.2, 0) is 20.9 Å². The number of esters is 1. The van der Waals surface area contributed by atoms with E-state index in [1.54, 1.807) is 56.7 Å². The van der Waals surface area contributed by atoms with Crippen LogP contribution in [0.1, 0.15) is 25.2 Å². The summed E-state index contributed by atoms with van der Waals surface area (Å²) in [6, 6.07) is 8.84. The van der Waals surface area contributed by atoms with Gasteiger partial charge in [-0.15, -0.1) is 0 Å². The van der Waals surface area contributed by atoms with E-state index in [9.17, 15) is 9.59 Å². The minimum atomic E-state index is -0.568. The van der Waals surface area contributed by atoms with Gasteiger partial charge >= 0.3 is 5.97 Å². The van der Waals surface area contributed by atoms with E-state index in [0.29, 0.717) is 35.1 Å². The molecule has 2 aromatic rings. The largest absolute Gasteiger partial charge is 0.493 e. The van der Waals surface area contributed by atoms with Gasteiger partial charge in [0, 0.05) is 5.70 Å². The molecule has 0 saturated carbocycles. The Kier molecular flexibility index (Phi) is 6.07. The lowest BCUT2D eigenvalue weighted by molar-refractivity contribution is -0.136. The first-order valence-corrected chi connectivity index (χ1v) is 9.16. The first kappa shape index (κ1) is 20.3. The minimum absolute atomic E-state index is 0.224. The minimum Gasteiger partial charge on any atom is -0.493 e. The van der Waals surface area contributed by atoms with Crippen LogP contribution in [0.3, 0.4) is 0 Å². The molecule has 0 radical (unpaired) electrons. The average Bonchev–Trinajstić information content (AvgIpc) is 3.32. The molecule has 29 heavy (non-hydrogen) atoms. The van der Waals surface area contributed by atoms with Gasteiger partial charge < -0.3 is 23.5 Å². The number of nitrogens with zero attached hydrogens (tertiary/aromatic N) is 1. The molecule has 0 fully saturated rings. The highest BCUT2D eigenvalue weighted by Gasteiger charge is 2.37. The average molecular weight is 397 g/mol. The lowest BCUT2D eigenvalue weighted by atomic mass is 10.0. The van der Waals surface area contributed by atoms with E-state index in [4.69, 9.17) is 18.6 Å². The second kappa shape index (κ2) is 8.68. The summed E-state index contributed by atoms with van der Waals surface area (Å²) in [7, 11) is 2.84. The molecule has 7 heteroatoms. The van der Waals surface area contributed by atoms with Crippen molar-refractivity contribution >= 4 is 18.0 Å². The van der Waals surface area contributed by atoms with Gasteiger partial charge in [0.25, 0.3) is 5.91 Å². The number of methoxy groups -OCH3 is 2. The molecule has 0 bridgehead atoms. The Hall–Kier alpha value is -3.48. The van der Waals surface area contributed by atoms with Gasteiger partial charge in [0.15, 0.2) is 11.5 Å². The van der Waals surface area contributed by atoms with Gasteiger partial charge in [0.05, 0.1) is 44.8 Å². The van der Waals surface area contributed by atoms with E-state index < -0.39 is 5.97 Å². The Bertz CT molecular complexity index is 971. The number of allylic oxidation sites excluding steroid dienone is 1. The van der Waals surface area contributed by atoms with Crippen molar-refractivity contribution < 1.29 is 28.2 Å². The van der Waals surface area contributed by atoms with Crippen molar-refractivity contribution in [3.05, 3.63) is 64.8 Å². The molecule has 0 spiro atoms. The number of hydrogen-bond acceptors (Lipinski definition) is 6. The summed E-state index contributed by atoms with van der Waals surface area (Å²) in [6.07, 6.45) is 3.19. The zero-order valence-corrected chi connectivity index (χ0v) is 16.9. The van der Waals surface area contributed by atoms with E-state index >= 15 is 0 Å². The van der Waals surface area contributed by atoms with Crippen molar-refractivity contribution in [3.8, 4) is 11.5 Å². The zero-order chi connectivity index (χ0) is 21.0. The Balaban J connectivity index is 2.02. The number of carbonyl (C=O) groups is 2. The van der Waals surface area contributed by atoms with E-state index in [1.807, 2.05) is 6.92 Å². The molecule has 3 rings (SSSR count). The molecular weight excluding hydrogens is 374 g/mol. The quantitative estimate of drug-likeness (QED) is 0.525. The fourth-order valence-electron chi connectivity index (χ4n) is 3.19. The Morgan fingerprint density at radius 1 is 1.21 bits per heavy atom.